The van der Waals surface area contributed by atoms with Crippen molar-refractivity contribution >= 4 is 11.5 Å². The van der Waals surface area contributed by atoms with Gasteiger partial charge < -0.3 is 25.2 Å². The summed E-state index contributed by atoms with van der Waals surface area (Å²) in [5.41, 5.74) is 4.65. The molecule has 44 heavy (non-hydrogen) atoms. The van der Waals surface area contributed by atoms with Crippen LogP contribution in [0.25, 0.3) is 16.8 Å². The number of benzene rings is 1. The third-order valence-corrected chi connectivity index (χ3v) is 8.92. The number of hydrogen-bond acceptors (Lipinski definition) is 7. The quantitative estimate of drug-likeness (QED) is 0.286. The molecule has 1 saturated carbocycles. The van der Waals surface area contributed by atoms with E-state index in [1.807, 2.05) is 12.1 Å². The highest BCUT2D eigenvalue weighted by Crippen LogP contribution is 2.54. The van der Waals surface area contributed by atoms with Crippen LogP contribution in [0.1, 0.15) is 62.4 Å². The first kappa shape index (κ1) is 30.3. The number of carbonyl (C=O) groups is 1. The van der Waals surface area contributed by atoms with Crippen molar-refractivity contribution in [3.63, 3.8) is 0 Å². The van der Waals surface area contributed by atoms with Gasteiger partial charge >= 0.3 is 0 Å². The molecule has 232 valence electrons. The summed E-state index contributed by atoms with van der Waals surface area (Å²) in [6.07, 6.45) is 8.27. The molecule has 1 amide bonds. The largest absolute Gasteiger partial charge is 0.485 e. The average molecular weight is 605 g/mol. The molecular formula is C34H38F2N4O4. The smallest absolute Gasteiger partial charge is 0.246 e. The molecule has 1 spiro atoms. The molecule has 3 heterocycles. The van der Waals surface area contributed by atoms with E-state index >= 15 is 0 Å². The number of carbonyl (C=O) groups excluding carboxylic acids is 1. The van der Waals surface area contributed by atoms with E-state index in [2.05, 4.69) is 41.6 Å². The van der Waals surface area contributed by atoms with Gasteiger partial charge in [-0.25, -0.2) is 13.8 Å². The molecule has 8 nitrogen and oxygen atoms in total. The number of rotatable bonds is 11. The van der Waals surface area contributed by atoms with E-state index in [1.165, 1.54) is 24.8 Å². The lowest BCUT2D eigenvalue weighted by Crippen LogP contribution is -2.52. The van der Waals surface area contributed by atoms with E-state index in [-0.39, 0.29) is 36.6 Å². The second kappa shape index (κ2) is 12.0. The van der Waals surface area contributed by atoms with Crippen LogP contribution in [0.4, 0.5) is 8.78 Å². The Labute approximate surface area is 255 Å². The minimum Gasteiger partial charge on any atom is -0.485 e. The van der Waals surface area contributed by atoms with Crippen LogP contribution < -0.4 is 15.4 Å². The molecular weight excluding hydrogens is 566 g/mol. The summed E-state index contributed by atoms with van der Waals surface area (Å²) in [5, 5.41) is 17.7. The number of methoxy groups -OCH3 is 1. The number of nitrogens with one attached hydrogen (secondary N) is 2. The lowest BCUT2D eigenvalue weighted by molar-refractivity contribution is -0.126. The van der Waals surface area contributed by atoms with Crippen molar-refractivity contribution < 1.29 is 28.2 Å². The van der Waals surface area contributed by atoms with Gasteiger partial charge in [-0.05, 0) is 67.2 Å². The van der Waals surface area contributed by atoms with E-state index in [9.17, 15) is 18.7 Å². The number of halogens is 2. The Morgan fingerprint density at radius 3 is 2.48 bits per heavy atom. The molecule has 1 fully saturated rings. The van der Waals surface area contributed by atoms with Gasteiger partial charge in [-0.1, -0.05) is 19.9 Å². The van der Waals surface area contributed by atoms with E-state index < -0.39 is 29.7 Å². The standard InChI is InChI=1S/C34H38F2N4O4/c1-33(2)16-25(33)26-15-24-28(17-34(7-4-8-34)44-32(24)31(40-26)21-5-9-37-10-6-21)38-18-29(41)27(39-30(42)19-43-3)13-20-11-22(35)14-23(36)12-20/h5-6,9-12,14-16,27-29,38,41H,4,7-8,13,17-19H2,1-3H3,(H,39,42)/t27-,28?,29+/m0/s1. The Kier molecular flexibility index (Phi) is 8.26. The minimum atomic E-state index is -1.07. The molecule has 1 unspecified atom stereocenters. The van der Waals surface area contributed by atoms with Crippen LogP contribution in [0.5, 0.6) is 5.75 Å². The van der Waals surface area contributed by atoms with Gasteiger partial charge in [0.15, 0.2) is 5.75 Å². The molecule has 0 saturated heterocycles. The van der Waals surface area contributed by atoms with E-state index in [4.69, 9.17) is 14.5 Å². The van der Waals surface area contributed by atoms with Gasteiger partial charge in [-0.15, -0.1) is 0 Å². The first-order valence-corrected chi connectivity index (χ1v) is 15.1. The maximum absolute atomic E-state index is 14.0. The second-order valence-electron chi connectivity index (χ2n) is 12.7. The van der Waals surface area contributed by atoms with Gasteiger partial charge in [-0.2, -0.15) is 0 Å². The highest BCUT2D eigenvalue weighted by Gasteiger charge is 2.47. The van der Waals surface area contributed by atoms with Crippen LogP contribution in [-0.2, 0) is 16.0 Å². The summed E-state index contributed by atoms with van der Waals surface area (Å²) in [5.74, 6) is -1.14. The van der Waals surface area contributed by atoms with E-state index in [0.717, 1.165) is 53.6 Å². The molecule has 3 aromatic rings. The molecule has 3 aliphatic rings. The van der Waals surface area contributed by atoms with Crippen molar-refractivity contribution in [2.45, 2.75) is 69.7 Å². The normalized spacial score (nSPS) is 20.5. The number of amides is 1. The minimum absolute atomic E-state index is 0.0325. The Morgan fingerprint density at radius 2 is 1.86 bits per heavy atom. The summed E-state index contributed by atoms with van der Waals surface area (Å²) in [6, 6.07) is 8.16. The maximum Gasteiger partial charge on any atom is 0.246 e. The number of allylic oxidation sites excluding steroid dienone is 2. The molecule has 2 aromatic heterocycles. The Hall–Kier alpha value is -3.73. The van der Waals surface area contributed by atoms with E-state index in [0.29, 0.717) is 12.0 Å². The predicted octanol–water partition coefficient (Wildman–Crippen LogP) is 4.92. The average Bonchev–Trinajstić information content (AvgIpc) is 3.61. The van der Waals surface area contributed by atoms with Crippen LogP contribution in [0.3, 0.4) is 0 Å². The topological polar surface area (TPSA) is 106 Å². The van der Waals surface area contributed by atoms with Crippen LogP contribution in [0.15, 0.2) is 54.9 Å². The van der Waals surface area contributed by atoms with Crippen LogP contribution >= 0.6 is 0 Å². The van der Waals surface area contributed by atoms with Crippen molar-refractivity contribution in [1.29, 1.82) is 0 Å². The number of ether oxygens (including phenoxy) is 2. The highest BCUT2D eigenvalue weighted by atomic mass is 19.1. The number of aliphatic hydroxyl groups excluding tert-OH is 1. The summed E-state index contributed by atoms with van der Waals surface area (Å²) in [7, 11) is 1.40. The zero-order chi connectivity index (χ0) is 31.1. The van der Waals surface area contributed by atoms with Gasteiger partial charge in [0.2, 0.25) is 5.91 Å². The van der Waals surface area contributed by atoms with Crippen LogP contribution in [0.2, 0.25) is 0 Å². The summed E-state index contributed by atoms with van der Waals surface area (Å²) >= 11 is 0. The van der Waals surface area contributed by atoms with Crippen molar-refractivity contribution in [2.24, 2.45) is 5.41 Å². The highest BCUT2D eigenvalue weighted by molar-refractivity contribution is 5.84. The molecule has 6 rings (SSSR count). The molecule has 3 N–H and O–H groups in total. The first-order valence-electron chi connectivity index (χ1n) is 15.1. The Bertz CT molecular complexity index is 1550. The fourth-order valence-corrected chi connectivity index (χ4v) is 6.34. The fourth-order valence-electron chi connectivity index (χ4n) is 6.34. The lowest BCUT2D eigenvalue weighted by atomic mass is 9.72. The molecule has 10 heteroatoms. The molecule has 0 radical (unpaired) electrons. The molecule has 1 aromatic carbocycles. The molecule has 3 atom stereocenters. The molecule has 1 aliphatic heterocycles. The van der Waals surface area contributed by atoms with Crippen molar-refractivity contribution in [2.75, 3.05) is 20.3 Å². The van der Waals surface area contributed by atoms with Gasteiger partial charge in [0.1, 0.15) is 29.5 Å². The number of hydrogen-bond donors (Lipinski definition) is 3. The maximum atomic E-state index is 14.0. The summed E-state index contributed by atoms with van der Waals surface area (Å²) in [6.45, 7) is 4.23. The van der Waals surface area contributed by atoms with Crippen molar-refractivity contribution in [3.8, 4) is 17.0 Å². The lowest BCUT2D eigenvalue weighted by Gasteiger charge is -2.48. The molecule has 2 aliphatic carbocycles. The summed E-state index contributed by atoms with van der Waals surface area (Å²) < 4.78 is 39.6. The Morgan fingerprint density at radius 1 is 1.16 bits per heavy atom. The number of aliphatic hydroxyl groups is 1. The predicted molar refractivity (Wildman–Crippen MR) is 162 cm³/mol. The fraction of sp³-hybridized carbons (Fsp3) is 0.441. The number of nitrogens with zero attached hydrogens (tertiary/aromatic N) is 2. The second-order valence-corrected chi connectivity index (χ2v) is 12.7. The number of fused-ring (bicyclic) bond motifs is 1. The van der Waals surface area contributed by atoms with E-state index in [1.54, 1.807) is 12.4 Å². The first-order chi connectivity index (χ1) is 21.1. The third kappa shape index (κ3) is 6.38. The third-order valence-electron chi connectivity index (χ3n) is 8.92. The number of pyridine rings is 2. The molecule has 0 bridgehead atoms. The van der Waals surface area contributed by atoms with Crippen LogP contribution in [-0.4, -0.2) is 59.0 Å². The van der Waals surface area contributed by atoms with Gasteiger partial charge in [0, 0.05) is 61.1 Å². The SMILES string of the molecule is COCC(=O)N[C@@H](Cc1cc(F)cc(F)c1)[C@H](O)CNC1CC2(CCC2)Oc2c1cc(C1=CC1(C)C)nc2-c1ccncc1. The summed E-state index contributed by atoms with van der Waals surface area (Å²) in [4.78, 5) is 21.7. The number of aromatic nitrogens is 2. The monoisotopic (exact) mass is 604 g/mol. The van der Waals surface area contributed by atoms with Crippen molar-refractivity contribution in [1.82, 2.24) is 20.6 Å². The Balaban J connectivity index is 1.30. The van der Waals surface area contributed by atoms with Gasteiger partial charge in [0.25, 0.3) is 0 Å². The van der Waals surface area contributed by atoms with Crippen LogP contribution in [0, 0.1) is 17.0 Å². The van der Waals surface area contributed by atoms with Crippen molar-refractivity contribution in [3.05, 3.63) is 83.3 Å². The zero-order valence-electron chi connectivity index (χ0n) is 25.2. The van der Waals surface area contributed by atoms with Gasteiger partial charge in [-0.3, -0.25) is 9.78 Å². The van der Waals surface area contributed by atoms with Gasteiger partial charge in [0.05, 0.1) is 17.8 Å². The zero-order valence-corrected chi connectivity index (χ0v) is 25.2.